The van der Waals surface area contributed by atoms with Crippen LogP contribution in [-0.2, 0) is 11.4 Å². The third-order valence-electron chi connectivity index (χ3n) is 4.24. The van der Waals surface area contributed by atoms with Gasteiger partial charge in [0.2, 0.25) is 0 Å². The second-order valence-corrected chi connectivity index (χ2v) is 7.44. The fraction of sp³-hybridized carbons (Fsp3) is 0.130. The summed E-state index contributed by atoms with van der Waals surface area (Å²) in [5.74, 6) is 0.263. The van der Waals surface area contributed by atoms with E-state index in [-0.39, 0.29) is 11.5 Å². The Morgan fingerprint density at radius 2 is 1.86 bits per heavy atom. The van der Waals surface area contributed by atoms with Gasteiger partial charge in [-0.3, -0.25) is 4.79 Å². The maximum absolute atomic E-state index is 12.2. The smallest absolute Gasteiger partial charge is 0.264 e. The molecule has 0 aliphatic rings. The fourth-order valence-electron chi connectivity index (χ4n) is 2.79. The monoisotopic (exact) mass is 434 g/mol. The largest absolute Gasteiger partial charge is 0.488 e. The van der Waals surface area contributed by atoms with Crippen LogP contribution in [-0.4, -0.2) is 24.9 Å². The SMILES string of the molecule is CN(C)C(=O)/C(C#N)=C\c1cc(Br)ccc1OCc1ccc2ccccc2c1. The molecule has 0 heterocycles. The molecule has 0 N–H and O–H groups in total. The van der Waals surface area contributed by atoms with Crippen LogP contribution in [0.4, 0.5) is 0 Å². The van der Waals surface area contributed by atoms with Gasteiger partial charge in [0.05, 0.1) is 0 Å². The van der Waals surface area contributed by atoms with Crippen LogP contribution < -0.4 is 4.74 Å². The number of benzene rings is 3. The predicted octanol–water partition coefficient (Wildman–Crippen LogP) is 5.18. The van der Waals surface area contributed by atoms with Crippen molar-refractivity contribution < 1.29 is 9.53 Å². The van der Waals surface area contributed by atoms with E-state index in [1.165, 1.54) is 10.3 Å². The van der Waals surface area contributed by atoms with Gasteiger partial charge in [-0.15, -0.1) is 0 Å². The summed E-state index contributed by atoms with van der Waals surface area (Å²) >= 11 is 3.43. The highest BCUT2D eigenvalue weighted by Gasteiger charge is 2.13. The summed E-state index contributed by atoms with van der Waals surface area (Å²) in [6, 6.07) is 21.9. The number of nitriles is 1. The molecule has 0 fully saturated rings. The van der Waals surface area contributed by atoms with Gasteiger partial charge in [-0.2, -0.15) is 5.26 Å². The number of amides is 1. The van der Waals surface area contributed by atoms with Crippen molar-refractivity contribution in [2.24, 2.45) is 0 Å². The summed E-state index contributed by atoms with van der Waals surface area (Å²) in [6.07, 6.45) is 1.56. The Kier molecular flexibility index (Phi) is 6.13. The number of halogens is 1. The van der Waals surface area contributed by atoms with Gasteiger partial charge in [0.25, 0.3) is 5.91 Å². The van der Waals surface area contributed by atoms with Crippen molar-refractivity contribution in [1.29, 1.82) is 5.26 Å². The van der Waals surface area contributed by atoms with E-state index in [1.54, 1.807) is 20.2 Å². The Balaban J connectivity index is 1.87. The summed E-state index contributed by atoms with van der Waals surface area (Å²) in [4.78, 5) is 13.5. The Morgan fingerprint density at radius 1 is 1.11 bits per heavy atom. The topological polar surface area (TPSA) is 53.3 Å². The van der Waals surface area contributed by atoms with Gasteiger partial charge in [0, 0.05) is 24.1 Å². The van der Waals surface area contributed by atoms with Crippen molar-refractivity contribution in [3.05, 3.63) is 81.8 Å². The van der Waals surface area contributed by atoms with Crippen molar-refractivity contribution >= 4 is 38.7 Å². The molecule has 140 valence electrons. The predicted molar refractivity (Wildman–Crippen MR) is 115 cm³/mol. The van der Waals surface area contributed by atoms with E-state index in [9.17, 15) is 10.1 Å². The molecular formula is C23H19BrN2O2. The second-order valence-electron chi connectivity index (χ2n) is 6.52. The first-order valence-electron chi connectivity index (χ1n) is 8.71. The number of nitrogens with zero attached hydrogens (tertiary/aromatic N) is 2. The lowest BCUT2D eigenvalue weighted by Crippen LogP contribution is -2.22. The van der Waals surface area contributed by atoms with E-state index in [4.69, 9.17) is 4.74 Å². The van der Waals surface area contributed by atoms with Crippen LogP contribution in [0.2, 0.25) is 0 Å². The zero-order valence-electron chi connectivity index (χ0n) is 15.6. The zero-order chi connectivity index (χ0) is 20.1. The second kappa shape index (κ2) is 8.73. The standard InChI is InChI=1S/C23H19BrN2O2/c1-26(2)23(27)20(14-25)12-19-13-21(24)9-10-22(19)28-15-16-7-8-17-5-3-4-6-18(17)11-16/h3-13H,15H2,1-2H3/b20-12-. The van der Waals surface area contributed by atoms with E-state index >= 15 is 0 Å². The number of carbonyl (C=O) groups is 1. The van der Waals surface area contributed by atoms with Gasteiger partial charge in [-0.05, 0) is 46.7 Å². The van der Waals surface area contributed by atoms with Crippen LogP contribution in [0.15, 0.2) is 70.7 Å². The highest BCUT2D eigenvalue weighted by atomic mass is 79.9. The summed E-state index contributed by atoms with van der Waals surface area (Å²) < 4.78 is 6.85. The lowest BCUT2D eigenvalue weighted by molar-refractivity contribution is -0.124. The van der Waals surface area contributed by atoms with Gasteiger partial charge in [0.1, 0.15) is 24.0 Å². The summed E-state index contributed by atoms with van der Waals surface area (Å²) in [5.41, 5.74) is 1.77. The molecule has 1 amide bonds. The van der Waals surface area contributed by atoms with Crippen molar-refractivity contribution in [2.45, 2.75) is 6.61 Å². The minimum atomic E-state index is -0.344. The van der Waals surface area contributed by atoms with Gasteiger partial charge in [-0.25, -0.2) is 0 Å². The van der Waals surface area contributed by atoms with Gasteiger partial charge in [-0.1, -0.05) is 52.3 Å². The number of fused-ring (bicyclic) bond motifs is 1. The molecule has 0 radical (unpaired) electrons. The number of hydrogen-bond donors (Lipinski definition) is 0. The molecule has 0 aliphatic heterocycles. The molecule has 3 aromatic rings. The van der Waals surface area contributed by atoms with Gasteiger partial charge >= 0.3 is 0 Å². The highest BCUT2D eigenvalue weighted by Crippen LogP contribution is 2.27. The molecule has 0 bridgehead atoms. The van der Waals surface area contributed by atoms with Crippen molar-refractivity contribution in [2.75, 3.05) is 14.1 Å². The molecule has 4 nitrogen and oxygen atoms in total. The Morgan fingerprint density at radius 3 is 2.57 bits per heavy atom. The average molecular weight is 435 g/mol. The van der Waals surface area contributed by atoms with Crippen molar-refractivity contribution in [3.63, 3.8) is 0 Å². The lowest BCUT2D eigenvalue weighted by Gasteiger charge is -2.12. The molecule has 0 aromatic heterocycles. The third-order valence-corrected chi connectivity index (χ3v) is 4.73. The molecule has 0 atom stereocenters. The first-order valence-corrected chi connectivity index (χ1v) is 9.50. The molecule has 0 saturated carbocycles. The average Bonchev–Trinajstić information content (AvgIpc) is 2.70. The van der Waals surface area contributed by atoms with E-state index in [1.807, 2.05) is 42.5 Å². The molecule has 5 heteroatoms. The molecule has 0 saturated heterocycles. The lowest BCUT2D eigenvalue weighted by atomic mass is 10.1. The molecule has 0 aliphatic carbocycles. The molecule has 3 rings (SSSR count). The Labute approximate surface area is 172 Å². The van der Waals surface area contributed by atoms with Crippen LogP contribution in [0, 0.1) is 11.3 Å². The summed E-state index contributed by atoms with van der Waals surface area (Å²) in [5, 5.41) is 11.7. The van der Waals surface area contributed by atoms with Crippen LogP contribution in [0.3, 0.4) is 0 Å². The summed E-state index contributed by atoms with van der Waals surface area (Å²) in [6.45, 7) is 0.386. The quantitative estimate of drug-likeness (QED) is 0.410. The molecular weight excluding hydrogens is 416 g/mol. The van der Waals surface area contributed by atoms with E-state index < -0.39 is 0 Å². The minimum Gasteiger partial charge on any atom is -0.488 e. The first kappa shape index (κ1) is 19.7. The first-order chi connectivity index (χ1) is 13.5. The molecule has 3 aromatic carbocycles. The number of rotatable bonds is 5. The third kappa shape index (κ3) is 4.59. The molecule has 0 unspecified atom stereocenters. The maximum Gasteiger partial charge on any atom is 0.264 e. The molecule has 28 heavy (non-hydrogen) atoms. The number of carbonyl (C=O) groups excluding carboxylic acids is 1. The van der Waals surface area contributed by atoms with Crippen LogP contribution >= 0.6 is 15.9 Å². The van der Waals surface area contributed by atoms with Crippen molar-refractivity contribution in [1.82, 2.24) is 4.90 Å². The van der Waals surface area contributed by atoms with Crippen LogP contribution in [0.5, 0.6) is 5.75 Å². The van der Waals surface area contributed by atoms with Gasteiger partial charge < -0.3 is 9.64 Å². The minimum absolute atomic E-state index is 0.0543. The number of ether oxygens (including phenoxy) is 1. The number of hydrogen-bond acceptors (Lipinski definition) is 3. The summed E-state index contributed by atoms with van der Waals surface area (Å²) in [7, 11) is 3.23. The normalized spacial score (nSPS) is 11.1. The fourth-order valence-corrected chi connectivity index (χ4v) is 3.17. The maximum atomic E-state index is 12.2. The zero-order valence-corrected chi connectivity index (χ0v) is 17.2. The van der Waals surface area contributed by atoms with Crippen LogP contribution in [0.25, 0.3) is 16.8 Å². The highest BCUT2D eigenvalue weighted by molar-refractivity contribution is 9.10. The van der Waals surface area contributed by atoms with Crippen molar-refractivity contribution in [3.8, 4) is 11.8 Å². The van der Waals surface area contributed by atoms with E-state index in [0.717, 1.165) is 15.4 Å². The van der Waals surface area contributed by atoms with Crippen LogP contribution in [0.1, 0.15) is 11.1 Å². The molecule has 0 spiro atoms. The van der Waals surface area contributed by atoms with Gasteiger partial charge in [0.15, 0.2) is 0 Å². The Bertz CT molecular complexity index is 1100. The van der Waals surface area contributed by atoms with E-state index in [0.29, 0.717) is 17.9 Å². The Hall–Kier alpha value is -3.10. The van der Waals surface area contributed by atoms with E-state index in [2.05, 4.69) is 40.2 Å². The number of likely N-dealkylation sites (N-methyl/N-ethyl adjacent to an activating group) is 1.